The molecule has 0 bridgehead atoms. The number of hydrogen-bond donors (Lipinski definition) is 2. The molecule has 27 heavy (non-hydrogen) atoms. The monoisotopic (exact) mass is 368 g/mol. The summed E-state index contributed by atoms with van der Waals surface area (Å²) in [5.74, 6) is 0.0546. The predicted octanol–water partition coefficient (Wildman–Crippen LogP) is 2.38. The average molecular weight is 368 g/mol. The summed E-state index contributed by atoms with van der Waals surface area (Å²) in [5, 5.41) is 21.3. The van der Waals surface area contributed by atoms with Crippen LogP contribution in [-0.2, 0) is 10.2 Å². The van der Waals surface area contributed by atoms with Gasteiger partial charge in [0.1, 0.15) is 0 Å². The molecule has 1 spiro atoms. The Kier molecular flexibility index (Phi) is 4.52. The molecule has 0 atom stereocenters. The second-order valence-electron chi connectivity index (χ2n) is 7.80. The molecule has 2 fully saturated rings. The number of carboxylic acid groups (broad SMARTS) is 1. The van der Waals surface area contributed by atoms with Gasteiger partial charge in [-0.25, -0.2) is 4.79 Å². The quantitative estimate of drug-likeness (QED) is 0.793. The van der Waals surface area contributed by atoms with E-state index < -0.39 is 11.5 Å². The van der Waals surface area contributed by atoms with Crippen LogP contribution < -0.4 is 5.32 Å². The number of carbonyl (C=O) groups is 2. The molecule has 2 aliphatic heterocycles. The molecular weight excluding hydrogens is 344 g/mol. The minimum atomic E-state index is -0.838. The molecule has 0 radical (unpaired) electrons. The largest absolute Gasteiger partial charge is 0.465 e. The highest BCUT2D eigenvalue weighted by Crippen LogP contribution is 2.48. The van der Waals surface area contributed by atoms with Gasteiger partial charge in [0, 0.05) is 37.9 Å². The first kappa shape index (κ1) is 17.8. The maximum Gasteiger partial charge on any atom is 0.407 e. The molecular formula is C20H24N4O3. The summed E-state index contributed by atoms with van der Waals surface area (Å²) in [6, 6.07) is 8.02. The van der Waals surface area contributed by atoms with Crippen molar-refractivity contribution in [2.24, 2.45) is 0 Å². The summed E-state index contributed by atoms with van der Waals surface area (Å²) in [6.45, 7) is 2.82. The molecule has 2 N–H and O–H groups in total. The third kappa shape index (κ3) is 3.04. The van der Waals surface area contributed by atoms with Crippen LogP contribution in [0.3, 0.4) is 0 Å². The van der Waals surface area contributed by atoms with Crippen molar-refractivity contribution in [3.05, 3.63) is 29.3 Å². The second-order valence-corrected chi connectivity index (χ2v) is 7.80. The van der Waals surface area contributed by atoms with Crippen molar-refractivity contribution < 1.29 is 14.7 Å². The number of nitrogens with zero attached hydrogens (tertiary/aromatic N) is 3. The van der Waals surface area contributed by atoms with Gasteiger partial charge in [-0.1, -0.05) is 6.07 Å². The fraction of sp³-hybridized carbons (Fsp3) is 0.550. The van der Waals surface area contributed by atoms with E-state index in [-0.39, 0.29) is 5.91 Å². The van der Waals surface area contributed by atoms with E-state index in [0.717, 1.165) is 56.4 Å². The van der Waals surface area contributed by atoms with Crippen molar-refractivity contribution in [1.29, 1.82) is 5.26 Å². The fourth-order valence-corrected chi connectivity index (χ4v) is 4.95. The average Bonchev–Trinajstić information content (AvgIpc) is 2.84. The third-order valence-corrected chi connectivity index (χ3v) is 6.47. The topological polar surface area (TPSA) is 96.7 Å². The molecule has 7 nitrogen and oxygen atoms in total. The van der Waals surface area contributed by atoms with Crippen LogP contribution in [0.4, 0.5) is 10.5 Å². The number of rotatable bonds is 1. The molecule has 1 saturated heterocycles. The van der Waals surface area contributed by atoms with Crippen LogP contribution in [0.5, 0.6) is 0 Å². The predicted molar refractivity (Wildman–Crippen MR) is 99.5 cm³/mol. The third-order valence-electron chi connectivity index (χ3n) is 6.47. The van der Waals surface area contributed by atoms with Crippen LogP contribution in [0.2, 0.25) is 0 Å². The molecule has 2 heterocycles. The zero-order valence-corrected chi connectivity index (χ0v) is 15.3. The summed E-state index contributed by atoms with van der Waals surface area (Å²) in [5.41, 5.74) is 1.90. The van der Waals surface area contributed by atoms with Crippen molar-refractivity contribution in [1.82, 2.24) is 9.80 Å². The first-order valence-electron chi connectivity index (χ1n) is 9.61. The Hall–Kier alpha value is -2.59. The van der Waals surface area contributed by atoms with Crippen molar-refractivity contribution in [2.45, 2.75) is 43.6 Å². The summed E-state index contributed by atoms with van der Waals surface area (Å²) in [4.78, 5) is 27.9. The zero-order chi connectivity index (χ0) is 19.0. The highest BCUT2D eigenvalue weighted by molar-refractivity contribution is 6.06. The van der Waals surface area contributed by atoms with Gasteiger partial charge in [-0.2, -0.15) is 5.26 Å². The van der Waals surface area contributed by atoms with Crippen molar-refractivity contribution >= 4 is 17.7 Å². The number of anilines is 1. The van der Waals surface area contributed by atoms with Crippen LogP contribution in [0, 0.1) is 11.3 Å². The molecule has 0 aromatic heterocycles. The summed E-state index contributed by atoms with van der Waals surface area (Å²) >= 11 is 0. The Labute approximate surface area is 158 Å². The fourth-order valence-electron chi connectivity index (χ4n) is 4.95. The maximum atomic E-state index is 12.8. The van der Waals surface area contributed by atoms with Gasteiger partial charge in [-0.05, 0) is 49.8 Å². The molecule has 2 amide bonds. The lowest BCUT2D eigenvalue weighted by Crippen LogP contribution is -2.46. The molecule has 1 aliphatic carbocycles. The van der Waals surface area contributed by atoms with Crippen molar-refractivity contribution in [3.63, 3.8) is 0 Å². The highest BCUT2D eigenvalue weighted by atomic mass is 16.4. The lowest BCUT2D eigenvalue weighted by molar-refractivity contribution is -0.122. The lowest BCUT2D eigenvalue weighted by atomic mass is 9.68. The van der Waals surface area contributed by atoms with Crippen LogP contribution in [0.25, 0.3) is 0 Å². The Morgan fingerprint density at radius 3 is 2.70 bits per heavy atom. The molecule has 3 aliphatic rings. The molecule has 7 heteroatoms. The van der Waals surface area contributed by atoms with E-state index in [0.29, 0.717) is 24.7 Å². The Morgan fingerprint density at radius 2 is 2.00 bits per heavy atom. The smallest absolute Gasteiger partial charge is 0.407 e. The minimum Gasteiger partial charge on any atom is -0.465 e. The van der Waals surface area contributed by atoms with E-state index >= 15 is 0 Å². The van der Waals surface area contributed by atoms with Crippen molar-refractivity contribution in [3.8, 4) is 6.07 Å². The highest BCUT2D eigenvalue weighted by Gasteiger charge is 2.49. The number of carbonyl (C=O) groups excluding carboxylic acids is 1. The summed E-state index contributed by atoms with van der Waals surface area (Å²) < 4.78 is 0. The van der Waals surface area contributed by atoms with Gasteiger partial charge >= 0.3 is 6.09 Å². The number of fused-ring (bicyclic) bond motifs is 2. The lowest BCUT2D eigenvalue weighted by Gasteiger charge is -2.40. The van der Waals surface area contributed by atoms with Gasteiger partial charge in [-0.3, -0.25) is 9.69 Å². The number of nitriles is 1. The minimum absolute atomic E-state index is 0.0546. The zero-order valence-electron chi connectivity index (χ0n) is 15.3. The Bertz CT molecular complexity index is 808. The van der Waals surface area contributed by atoms with E-state index in [4.69, 9.17) is 5.26 Å². The van der Waals surface area contributed by atoms with Crippen LogP contribution in [0.15, 0.2) is 18.2 Å². The summed E-state index contributed by atoms with van der Waals surface area (Å²) in [7, 11) is 0. The molecule has 0 unspecified atom stereocenters. The first-order valence-corrected chi connectivity index (χ1v) is 9.61. The van der Waals surface area contributed by atoms with Crippen LogP contribution >= 0.6 is 0 Å². The van der Waals surface area contributed by atoms with Gasteiger partial charge in [0.25, 0.3) is 0 Å². The molecule has 1 aromatic rings. The molecule has 142 valence electrons. The Morgan fingerprint density at radius 1 is 1.22 bits per heavy atom. The number of hydrogen-bond acceptors (Lipinski definition) is 4. The van der Waals surface area contributed by atoms with Gasteiger partial charge in [0.05, 0.1) is 17.0 Å². The van der Waals surface area contributed by atoms with Crippen molar-refractivity contribution in [2.75, 3.05) is 31.5 Å². The normalized spacial score (nSPS) is 28.3. The van der Waals surface area contributed by atoms with E-state index in [1.54, 1.807) is 12.1 Å². The van der Waals surface area contributed by atoms with E-state index in [1.165, 1.54) is 4.90 Å². The number of nitrogens with one attached hydrogen (secondary N) is 1. The number of benzene rings is 1. The van der Waals surface area contributed by atoms with Crippen LogP contribution in [-0.4, -0.2) is 59.1 Å². The van der Waals surface area contributed by atoms with Crippen LogP contribution in [0.1, 0.15) is 43.2 Å². The molecule has 1 saturated carbocycles. The van der Waals surface area contributed by atoms with Gasteiger partial charge in [-0.15, -0.1) is 0 Å². The first-order chi connectivity index (χ1) is 13.0. The van der Waals surface area contributed by atoms with Gasteiger partial charge in [0.2, 0.25) is 5.91 Å². The second kappa shape index (κ2) is 6.86. The summed E-state index contributed by atoms with van der Waals surface area (Å²) in [6.07, 6.45) is 3.47. The Balaban J connectivity index is 1.46. The maximum absolute atomic E-state index is 12.8. The standard InChI is InChI=1S/C20H24N4O3/c21-13-14-2-3-16-17(12-14)22-18(25)20(16)6-4-15(5-7-20)23-8-1-9-24(11-10-23)19(26)27/h2-3,12,15H,1,4-11H2,(H,22,25)(H,26,27). The SMILES string of the molecule is N#Cc1ccc2c(c1)NC(=O)C21CCC(N2CCCN(C(=O)O)CC2)CC1. The van der Waals surface area contributed by atoms with Gasteiger partial charge in [0.15, 0.2) is 0 Å². The number of amides is 2. The van der Waals surface area contributed by atoms with Gasteiger partial charge < -0.3 is 15.3 Å². The molecule has 4 rings (SSSR count). The molecule has 1 aromatic carbocycles. The van der Waals surface area contributed by atoms with E-state index in [9.17, 15) is 14.7 Å². The van der Waals surface area contributed by atoms with E-state index in [1.807, 2.05) is 6.07 Å². The van der Waals surface area contributed by atoms with E-state index in [2.05, 4.69) is 16.3 Å².